The third kappa shape index (κ3) is 4.10. The van der Waals surface area contributed by atoms with Gasteiger partial charge in [0.1, 0.15) is 11.5 Å². The Balaban J connectivity index is 2.00. The van der Waals surface area contributed by atoms with Crippen LogP contribution < -0.4 is 9.64 Å². The van der Waals surface area contributed by atoms with Gasteiger partial charge in [-0.25, -0.2) is 0 Å². The molecule has 3 aromatic rings. The fraction of sp³-hybridized carbons (Fsp3) is 0.154. The highest BCUT2D eigenvalue weighted by atomic mass is 35.5. The molecule has 0 radical (unpaired) electrons. The van der Waals surface area contributed by atoms with Crippen molar-refractivity contribution < 1.29 is 19.4 Å². The molecule has 1 unspecified atom stereocenters. The molecule has 0 aromatic heterocycles. The van der Waals surface area contributed by atoms with Crippen molar-refractivity contribution in [3.63, 3.8) is 0 Å². The average Bonchev–Trinajstić information content (AvgIpc) is 3.07. The van der Waals surface area contributed by atoms with Gasteiger partial charge in [-0.1, -0.05) is 47.5 Å². The summed E-state index contributed by atoms with van der Waals surface area (Å²) in [5, 5.41) is 11.8. The number of hydrogen-bond acceptors (Lipinski definition) is 4. The summed E-state index contributed by atoms with van der Waals surface area (Å²) < 4.78 is 5.36. The van der Waals surface area contributed by atoms with Crippen molar-refractivity contribution in [2.75, 3.05) is 12.0 Å². The molecule has 1 fully saturated rings. The standard InChI is InChI=1S/C26H21Cl2NO4/c1-14-7-8-15(2)21(11-14)29-23(16-5-4-6-18(12-16)33-3)22(25(31)26(29)32)24(30)17-9-10-19(27)20(28)13-17/h4-13,23,30H,1-3H3/b24-22-. The Morgan fingerprint density at radius 2 is 1.73 bits per heavy atom. The third-order valence-electron chi connectivity index (χ3n) is 5.67. The van der Waals surface area contributed by atoms with Gasteiger partial charge in [0.05, 0.1) is 28.8 Å². The summed E-state index contributed by atoms with van der Waals surface area (Å²) in [5.41, 5.74) is 3.23. The number of carbonyl (C=O) groups excluding carboxylic acids is 2. The quantitative estimate of drug-likeness (QED) is 0.271. The molecular weight excluding hydrogens is 461 g/mol. The van der Waals surface area contributed by atoms with E-state index in [9.17, 15) is 14.7 Å². The van der Waals surface area contributed by atoms with Crippen molar-refractivity contribution in [3.05, 3.63) is 98.5 Å². The Bertz CT molecular complexity index is 1320. The Morgan fingerprint density at radius 3 is 2.42 bits per heavy atom. The Kier molecular flexibility index (Phi) is 6.19. The maximum atomic E-state index is 13.3. The van der Waals surface area contributed by atoms with E-state index < -0.39 is 17.7 Å². The fourth-order valence-corrected chi connectivity index (χ4v) is 4.28. The first-order valence-electron chi connectivity index (χ1n) is 10.2. The highest BCUT2D eigenvalue weighted by Crippen LogP contribution is 2.44. The summed E-state index contributed by atoms with van der Waals surface area (Å²) >= 11 is 12.2. The summed E-state index contributed by atoms with van der Waals surface area (Å²) in [5.74, 6) is -1.27. The first kappa shape index (κ1) is 22.9. The molecule has 1 aliphatic heterocycles. The van der Waals surface area contributed by atoms with Gasteiger partial charge >= 0.3 is 0 Å². The molecule has 0 bridgehead atoms. The molecule has 4 rings (SSSR count). The van der Waals surface area contributed by atoms with Gasteiger partial charge in [0.15, 0.2) is 0 Å². The molecule has 168 valence electrons. The lowest BCUT2D eigenvalue weighted by atomic mass is 9.94. The first-order chi connectivity index (χ1) is 15.7. The molecular formula is C26H21Cl2NO4. The number of aliphatic hydroxyl groups is 1. The van der Waals surface area contributed by atoms with Crippen LogP contribution in [0.1, 0.15) is 28.3 Å². The van der Waals surface area contributed by atoms with Crippen LogP contribution in [0.3, 0.4) is 0 Å². The van der Waals surface area contributed by atoms with E-state index in [0.717, 1.165) is 11.1 Å². The van der Waals surface area contributed by atoms with Crippen LogP contribution in [0.5, 0.6) is 5.75 Å². The van der Waals surface area contributed by atoms with Crippen molar-refractivity contribution in [1.29, 1.82) is 0 Å². The van der Waals surface area contributed by atoms with Crippen molar-refractivity contribution in [2.45, 2.75) is 19.9 Å². The zero-order chi connectivity index (χ0) is 23.9. The van der Waals surface area contributed by atoms with E-state index in [0.29, 0.717) is 22.0 Å². The maximum absolute atomic E-state index is 13.3. The van der Waals surface area contributed by atoms with Crippen molar-refractivity contribution in [2.24, 2.45) is 0 Å². The Morgan fingerprint density at radius 1 is 0.970 bits per heavy atom. The monoisotopic (exact) mass is 481 g/mol. The lowest BCUT2D eigenvalue weighted by Crippen LogP contribution is -2.30. The predicted octanol–water partition coefficient (Wildman–Crippen LogP) is 6.25. The van der Waals surface area contributed by atoms with Crippen LogP contribution in [-0.2, 0) is 9.59 Å². The number of nitrogens with zero attached hydrogens (tertiary/aromatic N) is 1. The number of Topliss-reactive ketones (excluding diaryl/α,β-unsaturated/α-hetero) is 1. The molecule has 0 spiro atoms. The fourth-order valence-electron chi connectivity index (χ4n) is 3.99. The van der Waals surface area contributed by atoms with Gasteiger partial charge in [-0.3, -0.25) is 14.5 Å². The van der Waals surface area contributed by atoms with E-state index >= 15 is 0 Å². The molecule has 33 heavy (non-hydrogen) atoms. The van der Waals surface area contributed by atoms with Crippen LogP contribution in [0, 0.1) is 13.8 Å². The number of ketones is 1. The summed E-state index contributed by atoms with van der Waals surface area (Å²) in [6.07, 6.45) is 0. The number of ether oxygens (including phenoxy) is 1. The van der Waals surface area contributed by atoms with Gasteiger partial charge in [-0.15, -0.1) is 0 Å². The normalized spacial score (nSPS) is 17.5. The highest BCUT2D eigenvalue weighted by molar-refractivity contribution is 6.52. The van der Waals surface area contributed by atoms with E-state index in [4.69, 9.17) is 27.9 Å². The summed E-state index contributed by atoms with van der Waals surface area (Å²) in [4.78, 5) is 28.1. The number of hydrogen-bond donors (Lipinski definition) is 1. The number of halogens is 2. The van der Waals surface area contributed by atoms with Gasteiger partial charge in [-0.05, 0) is 66.9 Å². The number of rotatable bonds is 4. The number of anilines is 1. The van der Waals surface area contributed by atoms with E-state index in [2.05, 4.69) is 0 Å². The smallest absolute Gasteiger partial charge is 0.300 e. The number of aryl methyl sites for hydroxylation is 2. The third-order valence-corrected chi connectivity index (χ3v) is 6.41. The van der Waals surface area contributed by atoms with E-state index in [1.807, 2.05) is 32.0 Å². The number of methoxy groups -OCH3 is 1. The van der Waals surface area contributed by atoms with E-state index in [1.165, 1.54) is 24.1 Å². The zero-order valence-electron chi connectivity index (χ0n) is 18.2. The number of benzene rings is 3. The minimum Gasteiger partial charge on any atom is -0.507 e. The van der Waals surface area contributed by atoms with E-state index in [1.54, 1.807) is 30.3 Å². The minimum atomic E-state index is -0.866. The average molecular weight is 482 g/mol. The number of amides is 1. The van der Waals surface area contributed by atoms with Gasteiger partial charge in [-0.2, -0.15) is 0 Å². The topological polar surface area (TPSA) is 66.8 Å². The molecule has 1 heterocycles. The first-order valence-corrected chi connectivity index (χ1v) is 11.0. The van der Waals surface area contributed by atoms with Crippen LogP contribution in [-0.4, -0.2) is 23.9 Å². The van der Waals surface area contributed by atoms with Crippen LogP contribution in [0.25, 0.3) is 5.76 Å². The van der Waals surface area contributed by atoms with Crippen LogP contribution >= 0.6 is 23.2 Å². The van der Waals surface area contributed by atoms with Crippen LogP contribution in [0.15, 0.2) is 66.2 Å². The maximum Gasteiger partial charge on any atom is 0.300 e. The predicted molar refractivity (Wildman–Crippen MR) is 130 cm³/mol. The molecule has 5 nitrogen and oxygen atoms in total. The SMILES string of the molecule is COc1cccc(C2/C(=C(/O)c3ccc(Cl)c(Cl)c3)C(=O)C(=O)N2c2cc(C)ccc2C)c1. The van der Waals surface area contributed by atoms with Gasteiger partial charge in [0.2, 0.25) is 0 Å². The van der Waals surface area contributed by atoms with Gasteiger partial charge in [0, 0.05) is 11.3 Å². The van der Waals surface area contributed by atoms with Crippen molar-refractivity contribution in [1.82, 2.24) is 0 Å². The molecule has 0 saturated carbocycles. The minimum absolute atomic E-state index is 0.0347. The lowest BCUT2D eigenvalue weighted by molar-refractivity contribution is -0.132. The van der Waals surface area contributed by atoms with Crippen LogP contribution in [0.4, 0.5) is 5.69 Å². The second kappa shape index (κ2) is 8.93. The molecule has 7 heteroatoms. The van der Waals surface area contributed by atoms with Crippen molar-refractivity contribution >= 4 is 46.3 Å². The van der Waals surface area contributed by atoms with Crippen molar-refractivity contribution in [3.8, 4) is 5.75 Å². The molecule has 1 saturated heterocycles. The highest BCUT2D eigenvalue weighted by Gasteiger charge is 2.47. The summed E-state index contributed by atoms with van der Waals surface area (Å²) in [6.45, 7) is 3.78. The molecule has 0 aliphatic carbocycles. The summed E-state index contributed by atoms with van der Waals surface area (Å²) in [6, 6.07) is 16.4. The molecule has 1 N–H and O–H groups in total. The number of aliphatic hydroxyl groups excluding tert-OH is 1. The Labute approximate surface area is 201 Å². The Hall–Kier alpha value is -3.28. The lowest BCUT2D eigenvalue weighted by Gasteiger charge is -2.27. The van der Waals surface area contributed by atoms with Crippen LogP contribution in [0.2, 0.25) is 10.0 Å². The molecule has 3 aromatic carbocycles. The van der Waals surface area contributed by atoms with Gasteiger partial charge in [0.25, 0.3) is 11.7 Å². The number of carbonyl (C=O) groups is 2. The largest absolute Gasteiger partial charge is 0.507 e. The molecule has 1 aliphatic rings. The summed E-state index contributed by atoms with van der Waals surface area (Å²) in [7, 11) is 1.54. The second-order valence-electron chi connectivity index (χ2n) is 7.86. The molecule has 1 atom stereocenters. The van der Waals surface area contributed by atoms with E-state index in [-0.39, 0.29) is 21.9 Å². The van der Waals surface area contributed by atoms with Gasteiger partial charge < -0.3 is 9.84 Å². The second-order valence-corrected chi connectivity index (χ2v) is 8.68. The molecule has 1 amide bonds. The zero-order valence-corrected chi connectivity index (χ0v) is 19.7.